The van der Waals surface area contributed by atoms with Crippen LogP contribution in [0.25, 0.3) is 11.0 Å². The van der Waals surface area contributed by atoms with Crippen LogP contribution >= 0.6 is 0 Å². The minimum atomic E-state index is -0.335. The molecule has 2 heterocycles. The Morgan fingerprint density at radius 3 is 2.93 bits per heavy atom. The molecule has 4 heteroatoms. The first-order valence-corrected chi connectivity index (χ1v) is 4.69. The number of esters is 1. The first-order valence-electron chi connectivity index (χ1n) is 4.69. The van der Waals surface area contributed by atoms with E-state index in [1.807, 2.05) is 6.07 Å². The number of rotatable bonds is 2. The lowest BCUT2D eigenvalue weighted by Crippen LogP contribution is -2.05. The van der Waals surface area contributed by atoms with Gasteiger partial charge in [-0.25, -0.2) is 14.8 Å². The van der Waals surface area contributed by atoms with E-state index in [4.69, 9.17) is 4.74 Å². The quantitative estimate of drug-likeness (QED) is 0.697. The molecule has 0 aromatic carbocycles. The van der Waals surface area contributed by atoms with Crippen LogP contribution in [0, 0.1) is 0 Å². The summed E-state index contributed by atoms with van der Waals surface area (Å²) < 4.78 is 4.94. The van der Waals surface area contributed by atoms with Gasteiger partial charge < -0.3 is 4.74 Å². The third-order valence-corrected chi connectivity index (χ3v) is 2.01. The molecule has 0 fully saturated rings. The summed E-state index contributed by atoms with van der Waals surface area (Å²) in [6, 6.07) is 5.22. The highest BCUT2D eigenvalue weighted by Gasteiger charge is 2.10. The summed E-state index contributed by atoms with van der Waals surface area (Å²) in [4.78, 5) is 19.7. The smallest absolute Gasteiger partial charge is 0.338 e. The number of carbonyl (C=O) groups excluding carboxylic acids is 1. The van der Waals surface area contributed by atoms with E-state index >= 15 is 0 Å². The third-order valence-electron chi connectivity index (χ3n) is 2.01. The van der Waals surface area contributed by atoms with E-state index in [1.54, 1.807) is 31.5 Å². The Hall–Kier alpha value is -1.97. The van der Waals surface area contributed by atoms with E-state index in [0.717, 1.165) is 5.39 Å². The van der Waals surface area contributed by atoms with Gasteiger partial charge in [-0.2, -0.15) is 0 Å². The van der Waals surface area contributed by atoms with E-state index < -0.39 is 0 Å². The molecule has 15 heavy (non-hydrogen) atoms. The van der Waals surface area contributed by atoms with E-state index in [9.17, 15) is 4.79 Å². The van der Waals surface area contributed by atoms with Gasteiger partial charge in [0.15, 0.2) is 5.65 Å². The molecule has 2 aromatic heterocycles. The summed E-state index contributed by atoms with van der Waals surface area (Å²) in [5.74, 6) is -0.335. The number of aromatic nitrogens is 2. The Balaban J connectivity index is 2.56. The lowest BCUT2D eigenvalue weighted by atomic mass is 10.1. The highest BCUT2D eigenvalue weighted by Crippen LogP contribution is 2.14. The van der Waals surface area contributed by atoms with E-state index in [0.29, 0.717) is 17.8 Å². The molecule has 0 atom stereocenters. The van der Waals surface area contributed by atoms with Gasteiger partial charge in [-0.1, -0.05) is 0 Å². The zero-order chi connectivity index (χ0) is 10.7. The summed E-state index contributed by atoms with van der Waals surface area (Å²) in [7, 11) is 0. The Morgan fingerprint density at radius 1 is 1.33 bits per heavy atom. The molecule has 0 saturated carbocycles. The van der Waals surface area contributed by atoms with Crippen molar-refractivity contribution in [3.63, 3.8) is 0 Å². The second kappa shape index (κ2) is 4.04. The zero-order valence-corrected chi connectivity index (χ0v) is 8.30. The van der Waals surface area contributed by atoms with E-state index in [2.05, 4.69) is 9.97 Å². The maximum Gasteiger partial charge on any atom is 0.338 e. The maximum absolute atomic E-state index is 11.6. The molecule has 0 aliphatic rings. The van der Waals surface area contributed by atoms with Gasteiger partial charge in [0, 0.05) is 17.8 Å². The van der Waals surface area contributed by atoms with Crippen LogP contribution in [0.1, 0.15) is 17.3 Å². The molecule has 0 unspecified atom stereocenters. The lowest BCUT2D eigenvalue weighted by Gasteiger charge is -2.03. The van der Waals surface area contributed by atoms with Crippen molar-refractivity contribution in [2.75, 3.05) is 6.61 Å². The largest absolute Gasteiger partial charge is 0.462 e. The standard InChI is InChI=1S/C11H10N2O2/c1-2-15-11(14)9-5-7-13-10-8(9)4-3-6-12-10/h3-7H,2H2,1H3. The number of nitrogens with zero attached hydrogens (tertiary/aromatic N) is 2. The van der Waals surface area contributed by atoms with Crippen LogP contribution < -0.4 is 0 Å². The maximum atomic E-state index is 11.6. The van der Waals surface area contributed by atoms with Crippen molar-refractivity contribution in [2.45, 2.75) is 6.92 Å². The highest BCUT2D eigenvalue weighted by atomic mass is 16.5. The van der Waals surface area contributed by atoms with Crippen molar-refractivity contribution in [2.24, 2.45) is 0 Å². The van der Waals surface area contributed by atoms with Crippen molar-refractivity contribution in [3.8, 4) is 0 Å². The number of carbonyl (C=O) groups is 1. The fraction of sp³-hybridized carbons (Fsp3) is 0.182. The summed E-state index contributed by atoms with van der Waals surface area (Å²) >= 11 is 0. The summed E-state index contributed by atoms with van der Waals surface area (Å²) in [5.41, 5.74) is 1.07. The molecule has 2 rings (SSSR count). The molecule has 0 radical (unpaired) electrons. The Labute approximate surface area is 86.9 Å². The Bertz CT molecular complexity index is 491. The molecular weight excluding hydrogens is 192 g/mol. The molecule has 0 amide bonds. The second-order valence-electron chi connectivity index (χ2n) is 2.95. The van der Waals surface area contributed by atoms with Crippen molar-refractivity contribution < 1.29 is 9.53 Å². The van der Waals surface area contributed by atoms with Crippen molar-refractivity contribution in [3.05, 3.63) is 36.2 Å². The summed E-state index contributed by atoms with van der Waals surface area (Å²) in [5, 5.41) is 0.721. The van der Waals surface area contributed by atoms with Gasteiger partial charge in [-0.05, 0) is 25.1 Å². The average molecular weight is 202 g/mol. The molecule has 0 spiro atoms. The van der Waals surface area contributed by atoms with Gasteiger partial charge >= 0.3 is 5.97 Å². The molecule has 0 N–H and O–H groups in total. The molecular formula is C11H10N2O2. The third kappa shape index (κ3) is 1.79. The molecule has 4 nitrogen and oxygen atoms in total. The first-order chi connectivity index (χ1) is 7.33. The van der Waals surface area contributed by atoms with Crippen LogP contribution in [0.15, 0.2) is 30.6 Å². The molecule has 76 valence electrons. The van der Waals surface area contributed by atoms with Crippen LogP contribution in [0.2, 0.25) is 0 Å². The average Bonchev–Trinajstić information content (AvgIpc) is 2.28. The number of pyridine rings is 2. The van der Waals surface area contributed by atoms with Crippen LogP contribution in [0.5, 0.6) is 0 Å². The number of ether oxygens (including phenoxy) is 1. The molecule has 2 aromatic rings. The van der Waals surface area contributed by atoms with Crippen LogP contribution in [0.4, 0.5) is 0 Å². The monoisotopic (exact) mass is 202 g/mol. The summed E-state index contributed by atoms with van der Waals surface area (Å²) in [6.45, 7) is 2.14. The van der Waals surface area contributed by atoms with Crippen LogP contribution in [0.3, 0.4) is 0 Å². The van der Waals surface area contributed by atoms with Crippen LogP contribution in [-0.2, 0) is 4.74 Å². The molecule has 0 aliphatic heterocycles. The van der Waals surface area contributed by atoms with Crippen molar-refractivity contribution in [1.29, 1.82) is 0 Å². The predicted molar refractivity (Wildman–Crippen MR) is 55.5 cm³/mol. The Kier molecular flexibility index (Phi) is 2.58. The first kappa shape index (κ1) is 9.58. The fourth-order valence-electron chi connectivity index (χ4n) is 1.37. The van der Waals surface area contributed by atoms with Crippen molar-refractivity contribution >= 4 is 17.0 Å². The molecule has 0 saturated heterocycles. The molecule has 0 aliphatic carbocycles. The number of hydrogen-bond donors (Lipinski definition) is 0. The van der Waals surface area contributed by atoms with Gasteiger partial charge in [0.25, 0.3) is 0 Å². The number of fused-ring (bicyclic) bond motifs is 1. The lowest BCUT2D eigenvalue weighted by molar-refractivity contribution is 0.0528. The van der Waals surface area contributed by atoms with Gasteiger partial charge in [-0.3, -0.25) is 0 Å². The second-order valence-corrected chi connectivity index (χ2v) is 2.95. The highest BCUT2D eigenvalue weighted by molar-refractivity contribution is 6.02. The fourth-order valence-corrected chi connectivity index (χ4v) is 1.37. The predicted octanol–water partition coefficient (Wildman–Crippen LogP) is 1.81. The SMILES string of the molecule is CCOC(=O)c1ccnc2ncccc12. The van der Waals surface area contributed by atoms with E-state index in [-0.39, 0.29) is 5.97 Å². The number of hydrogen-bond acceptors (Lipinski definition) is 4. The van der Waals surface area contributed by atoms with E-state index in [1.165, 1.54) is 0 Å². The van der Waals surface area contributed by atoms with Gasteiger partial charge in [0.05, 0.1) is 12.2 Å². The van der Waals surface area contributed by atoms with Gasteiger partial charge in [0.1, 0.15) is 0 Å². The van der Waals surface area contributed by atoms with Gasteiger partial charge in [0.2, 0.25) is 0 Å². The minimum absolute atomic E-state index is 0.335. The minimum Gasteiger partial charge on any atom is -0.462 e. The van der Waals surface area contributed by atoms with Gasteiger partial charge in [-0.15, -0.1) is 0 Å². The zero-order valence-electron chi connectivity index (χ0n) is 8.30. The topological polar surface area (TPSA) is 52.1 Å². The Morgan fingerprint density at radius 2 is 2.13 bits per heavy atom. The summed E-state index contributed by atoms with van der Waals surface area (Å²) in [6.07, 6.45) is 3.20. The van der Waals surface area contributed by atoms with Crippen LogP contribution in [-0.4, -0.2) is 22.5 Å². The van der Waals surface area contributed by atoms with Crippen molar-refractivity contribution in [1.82, 2.24) is 9.97 Å². The normalized spacial score (nSPS) is 10.2. The molecule has 0 bridgehead atoms.